The van der Waals surface area contributed by atoms with Crippen LogP contribution in [0.2, 0.25) is 0 Å². The lowest BCUT2D eigenvalue weighted by molar-refractivity contribution is 0.913. The standard InChI is InChI=1S/C12H16N6/c1-3-10-11(13-2)15-8-16-12(10)14-7-9-5-4-6-17-18-9/h4-6,8H,3,7H2,1-2H3,(H2,13,14,15,16). The molecule has 6 heteroatoms. The lowest BCUT2D eigenvalue weighted by Crippen LogP contribution is -2.09. The van der Waals surface area contributed by atoms with Crippen molar-refractivity contribution in [3.8, 4) is 0 Å². The molecule has 18 heavy (non-hydrogen) atoms. The molecule has 2 aromatic heterocycles. The van der Waals surface area contributed by atoms with Gasteiger partial charge in [0.15, 0.2) is 0 Å². The van der Waals surface area contributed by atoms with Crippen molar-refractivity contribution in [2.24, 2.45) is 0 Å². The molecule has 0 radical (unpaired) electrons. The fourth-order valence-electron chi connectivity index (χ4n) is 1.72. The van der Waals surface area contributed by atoms with Crippen LogP contribution in [-0.4, -0.2) is 27.2 Å². The summed E-state index contributed by atoms with van der Waals surface area (Å²) >= 11 is 0. The Hall–Kier alpha value is -2.24. The normalized spacial score (nSPS) is 10.1. The van der Waals surface area contributed by atoms with E-state index in [0.29, 0.717) is 6.54 Å². The van der Waals surface area contributed by atoms with Crippen molar-refractivity contribution < 1.29 is 0 Å². The van der Waals surface area contributed by atoms with Crippen LogP contribution in [0.25, 0.3) is 0 Å². The number of hydrogen-bond acceptors (Lipinski definition) is 6. The largest absolute Gasteiger partial charge is 0.373 e. The molecule has 0 aromatic carbocycles. The van der Waals surface area contributed by atoms with Gasteiger partial charge in [0.25, 0.3) is 0 Å². The van der Waals surface area contributed by atoms with Crippen LogP contribution in [0, 0.1) is 0 Å². The summed E-state index contributed by atoms with van der Waals surface area (Å²) in [6.07, 6.45) is 4.06. The van der Waals surface area contributed by atoms with E-state index in [1.54, 1.807) is 12.5 Å². The van der Waals surface area contributed by atoms with Crippen LogP contribution in [0.5, 0.6) is 0 Å². The zero-order chi connectivity index (χ0) is 12.8. The zero-order valence-corrected chi connectivity index (χ0v) is 10.5. The maximum atomic E-state index is 4.26. The van der Waals surface area contributed by atoms with Crippen molar-refractivity contribution in [1.82, 2.24) is 20.2 Å². The third kappa shape index (κ3) is 2.71. The van der Waals surface area contributed by atoms with Gasteiger partial charge in [0.05, 0.1) is 12.2 Å². The second-order valence-corrected chi connectivity index (χ2v) is 3.72. The number of anilines is 2. The van der Waals surface area contributed by atoms with Crippen molar-refractivity contribution in [2.45, 2.75) is 19.9 Å². The maximum absolute atomic E-state index is 4.26. The maximum Gasteiger partial charge on any atom is 0.135 e. The molecule has 0 aliphatic heterocycles. The number of hydrogen-bond donors (Lipinski definition) is 2. The molecule has 0 saturated carbocycles. The number of aromatic nitrogens is 4. The fraction of sp³-hybridized carbons (Fsp3) is 0.333. The van der Waals surface area contributed by atoms with E-state index in [-0.39, 0.29) is 0 Å². The van der Waals surface area contributed by atoms with E-state index in [0.717, 1.165) is 29.3 Å². The van der Waals surface area contributed by atoms with Crippen molar-refractivity contribution >= 4 is 11.6 Å². The third-order valence-corrected chi connectivity index (χ3v) is 2.60. The van der Waals surface area contributed by atoms with Gasteiger partial charge >= 0.3 is 0 Å². The summed E-state index contributed by atoms with van der Waals surface area (Å²) in [4.78, 5) is 8.46. The van der Waals surface area contributed by atoms with E-state index in [2.05, 4.69) is 37.7 Å². The van der Waals surface area contributed by atoms with Crippen LogP contribution >= 0.6 is 0 Å². The second-order valence-electron chi connectivity index (χ2n) is 3.72. The Kier molecular flexibility index (Phi) is 4.01. The first-order valence-corrected chi connectivity index (χ1v) is 5.87. The van der Waals surface area contributed by atoms with Gasteiger partial charge < -0.3 is 10.6 Å². The van der Waals surface area contributed by atoms with E-state index in [1.807, 2.05) is 19.2 Å². The summed E-state index contributed by atoms with van der Waals surface area (Å²) in [5.41, 5.74) is 1.95. The van der Waals surface area contributed by atoms with Gasteiger partial charge in [-0.2, -0.15) is 10.2 Å². The summed E-state index contributed by atoms with van der Waals surface area (Å²) < 4.78 is 0. The highest BCUT2D eigenvalue weighted by molar-refractivity contribution is 5.57. The number of nitrogens with one attached hydrogen (secondary N) is 2. The highest BCUT2D eigenvalue weighted by Crippen LogP contribution is 2.20. The minimum Gasteiger partial charge on any atom is -0.373 e. The van der Waals surface area contributed by atoms with E-state index in [9.17, 15) is 0 Å². The Bertz CT molecular complexity index is 499. The van der Waals surface area contributed by atoms with Gasteiger partial charge in [-0.05, 0) is 18.6 Å². The van der Waals surface area contributed by atoms with Crippen molar-refractivity contribution in [3.05, 3.63) is 35.9 Å². The first-order chi connectivity index (χ1) is 8.85. The Morgan fingerprint density at radius 2 is 2.06 bits per heavy atom. The van der Waals surface area contributed by atoms with Gasteiger partial charge in [-0.15, -0.1) is 0 Å². The molecular weight excluding hydrogens is 228 g/mol. The van der Waals surface area contributed by atoms with Crippen LogP contribution < -0.4 is 10.6 Å². The monoisotopic (exact) mass is 244 g/mol. The Morgan fingerprint density at radius 3 is 2.72 bits per heavy atom. The summed E-state index contributed by atoms with van der Waals surface area (Å²) in [5, 5.41) is 14.2. The van der Waals surface area contributed by atoms with Gasteiger partial charge in [0, 0.05) is 18.8 Å². The van der Waals surface area contributed by atoms with Crippen molar-refractivity contribution in [1.29, 1.82) is 0 Å². The lowest BCUT2D eigenvalue weighted by Gasteiger charge is -2.12. The molecule has 2 N–H and O–H groups in total. The molecule has 0 spiro atoms. The number of nitrogens with zero attached hydrogens (tertiary/aromatic N) is 4. The topological polar surface area (TPSA) is 75.6 Å². The van der Waals surface area contributed by atoms with Crippen LogP contribution in [0.4, 0.5) is 11.6 Å². The van der Waals surface area contributed by atoms with Gasteiger partial charge in [-0.3, -0.25) is 0 Å². The summed E-state index contributed by atoms with van der Waals surface area (Å²) in [7, 11) is 1.86. The average Bonchev–Trinajstić information content (AvgIpc) is 2.45. The molecule has 6 nitrogen and oxygen atoms in total. The molecular formula is C12H16N6. The quantitative estimate of drug-likeness (QED) is 0.829. The van der Waals surface area contributed by atoms with E-state index in [4.69, 9.17) is 0 Å². The predicted octanol–water partition coefficient (Wildman–Crippen LogP) is 1.48. The molecule has 94 valence electrons. The van der Waals surface area contributed by atoms with Crippen LogP contribution in [0.15, 0.2) is 24.7 Å². The number of rotatable bonds is 5. The molecule has 0 saturated heterocycles. The first kappa shape index (κ1) is 12.2. The van der Waals surface area contributed by atoms with Crippen molar-refractivity contribution in [3.63, 3.8) is 0 Å². The lowest BCUT2D eigenvalue weighted by atomic mass is 10.2. The zero-order valence-electron chi connectivity index (χ0n) is 10.5. The molecule has 0 bridgehead atoms. The molecule has 0 unspecified atom stereocenters. The molecule has 2 aromatic rings. The molecule has 2 heterocycles. The van der Waals surface area contributed by atoms with Gasteiger partial charge in [0.2, 0.25) is 0 Å². The highest BCUT2D eigenvalue weighted by atomic mass is 15.1. The molecule has 2 rings (SSSR count). The molecule has 0 amide bonds. The minimum absolute atomic E-state index is 0.598. The van der Waals surface area contributed by atoms with Crippen LogP contribution in [-0.2, 0) is 13.0 Å². The first-order valence-electron chi connectivity index (χ1n) is 5.87. The van der Waals surface area contributed by atoms with E-state index >= 15 is 0 Å². The summed E-state index contributed by atoms with van der Waals surface area (Å²) in [6, 6.07) is 3.79. The van der Waals surface area contributed by atoms with Gasteiger partial charge in [-0.1, -0.05) is 6.92 Å². The molecule has 0 aliphatic rings. The van der Waals surface area contributed by atoms with E-state index in [1.165, 1.54) is 0 Å². The summed E-state index contributed by atoms with van der Waals surface area (Å²) in [5.74, 6) is 1.69. The third-order valence-electron chi connectivity index (χ3n) is 2.60. The second kappa shape index (κ2) is 5.90. The van der Waals surface area contributed by atoms with Gasteiger partial charge in [-0.25, -0.2) is 9.97 Å². The van der Waals surface area contributed by atoms with Crippen LogP contribution in [0.3, 0.4) is 0 Å². The summed E-state index contributed by atoms with van der Waals surface area (Å²) in [6.45, 7) is 2.67. The average molecular weight is 244 g/mol. The smallest absolute Gasteiger partial charge is 0.135 e. The minimum atomic E-state index is 0.598. The fourth-order valence-corrected chi connectivity index (χ4v) is 1.72. The SMILES string of the molecule is CCc1c(NC)ncnc1NCc1cccnn1. The molecule has 0 fully saturated rings. The highest BCUT2D eigenvalue weighted by Gasteiger charge is 2.08. The van der Waals surface area contributed by atoms with E-state index < -0.39 is 0 Å². The Balaban J connectivity index is 2.14. The molecule has 0 atom stereocenters. The molecule has 0 aliphatic carbocycles. The Labute approximate surface area is 106 Å². The Morgan fingerprint density at radius 1 is 1.22 bits per heavy atom. The van der Waals surface area contributed by atoms with Gasteiger partial charge in [0.1, 0.15) is 18.0 Å². The van der Waals surface area contributed by atoms with Crippen LogP contribution in [0.1, 0.15) is 18.2 Å². The van der Waals surface area contributed by atoms with Crippen molar-refractivity contribution in [2.75, 3.05) is 17.7 Å². The predicted molar refractivity (Wildman–Crippen MR) is 70.3 cm³/mol.